The summed E-state index contributed by atoms with van der Waals surface area (Å²) in [5.41, 5.74) is 2.43. The maximum Gasteiger partial charge on any atom is 0.272 e. The monoisotopic (exact) mass is 346 g/mol. The van der Waals surface area contributed by atoms with Gasteiger partial charge >= 0.3 is 0 Å². The highest BCUT2D eigenvalue weighted by Gasteiger charge is 2.46. The van der Waals surface area contributed by atoms with Crippen LogP contribution < -0.4 is 4.74 Å². The molecule has 0 spiro atoms. The molecule has 0 saturated heterocycles. The fraction of sp³-hybridized carbons (Fsp3) is 0.450. The van der Waals surface area contributed by atoms with Crippen LogP contribution >= 0.6 is 0 Å². The molecule has 1 aliphatic heterocycles. The average molecular weight is 346 g/mol. The highest BCUT2D eigenvalue weighted by atomic mass is 16.6. The van der Waals surface area contributed by atoms with E-state index >= 15 is 0 Å². The summed E-state index contributed by atoms with van der Waals surface area (Å²) in [5.74, 6) is -2.05. The molecule has 1 atom stereocenters. The van der Waals surface area contributed by atoms with Crippen LogP contribution in [0.25, 0.3) is 0 Å². The number of aliphatic hydroxyl groups is 2. The maximum absolute atomic E-state index is 12.3. The van der Waals surface area contributed by atoms with Gasteiger partial charge in [-0.25, -0.2) is 0 Å². The van der Waals surface area contributed by atoms with Gasteiger partial charge in [0.15, 0.2) is 0 Å². The zero-order valence-corrected chi connectivity index (χ0v) is 14.8. The molecular formula is C20H26O5. The fourth-order valence-electron chi connectivity index (χ4n) is 2.79. The lowest BCUT2D eigenvalue weighted by molar-refractivity contribution is -0.0957. The van der Waals surface area contributed by atoms with Crippen LogP contribution in [0.2, 0.25) is 0 Å². The molecule has 2 rings (SSSR count). The van der Waals surface area contributed by atoms with E-state index in [2.05, 4.69) is 6.08 Å². The number of hydrogen-bond acceptors (Lipinski definition) is 5. The smallest absolute Gasteiger partial charge is 0.272 e. The number of hydrogen-bond donors (Lipinski definition) is 3. The normalized spacial score (nSPS) is 20.6. The Morgan fingerprint density at radius 2 is 1.92 bits per heavy atom. The molecule has 5 heteroatoms. The number of allylic oxidation sites excluding steroid dienone is 3. The third-order valence-electron chi connectivity index (χ3n) is 4.33. The van der Waals surface area contributed by atoms with Crippen LogP contribution in [0.4, 0.5) is 0 Å². The number of carbonyl (C=O) groups is 1. The number of phenols is 1. The molecule has 0 aromatic heterocycles. The van der Waals surface area contributed by atoms with Crippen LogP contribution in [-0.2, 0) is 0 Å². The molecule has 0 aliphatic carbocycles. The highest BCUT2D eigenvalue weighted by molar-refractivity contribution is 6.06. The van der Waals surface area contributed by atoms with Crippen molar-refractivity contribution in [2.75, 3.05) is 6.61 Å². The van der Waals surface area contributed by atoms with Gasteiger partial charge in [0.2, 0.25) is 5.78 Å². The number of phenolic OH excluding ortho intramolecular Hbond substituents is 1. The third-order valence-corrected chi connectivity index (χ3v) is 4.33. The number of benzene rings is 1. The Morgan fingerprint density at radius 3 is 2.64 bits per heavy atom. The minimum atomic E-state index is -1.83. The number of Topliss-reactive ketones (excluding diaryl/α,β-unsaturated/α-hetero) is 1. The molecule has 1 aromatic carbocycles. The average Bonchev–Trinajstić information content (AvgIpc) is 2.83. The number of aromatic hydroxyl groups is 1. The van der Waals surface area contributed by atoms with Crippen molar-refractivity contribution in [2.45, 2.75) is 51.7 Å². The molecule has 0 amide bonds. The Morgan fingerprint density at radius 1 is 1.20 bits per heavy atom. The van der Waals surface area contributed by atoms with Crippen LogP contribution in [0, 0.1) is 0 Å². The summed E-state index contributed by atoms with van der Waals surface area (Å²) in [7, 11) is 0. The topological polar surface area (TPSA) is 87.0 Å². The summed E-state index contributed by atoms with van der Waals surface area (Å²) in [6.45, 7) is 4.04. The summed E-state index contributed by atoms with van der Waals surface area (Å²) in [4.78, 5) is 12.3. The van der Waals surface area contributed by atoms with Gasteiger partial charge in [0.25, 0.3) is 5.79 Å². The van der Waals surface area contributed by atoms with Gasteiger partial charge in [-0.2, -0.15) is 0 Å². The van der Waals surface area contributed by atoms with Crippen molar-refractivity contribution in [3.8, 4) is 11.5 Å². The Balaban J connectivity index is 1.82. The van der Waals surface area contributed by atoms with E-state index in [1.165, 1.54) is 23.8 Å². The molecule has 1 heterocycles. The highest BCUT2D eigenvalue weighted by Crippen LogP contribution is 2.38. The van der Waals surface area contributed by atoms with E-state index in [-0.39, 0.29) is 24.3 Å². The summed E-state index contributed by atoms with van der Waals surface area (Å²) in [5, 5.41) is 28.9. The lowest BCUT2D eigenvalue weighted by Crippen LogP contribution is -2.39. The number of fused-ring (bicyclic) bond motifs is 1. The van der Waals surface area contributed by atoms with E-state index in [1.54, 1.807) is 0 Å². The number of ether oxygens (including phenoxy) is 1. The first kappa shape index (κ1) is 19.2. The van der Waals surface area contributed by atoms with Crippen LogP contribution in [0.15, 0.2) is 41.5 Å². The molecule has 0 radical (unpaired) electrons. The van der Waals surface area contributed by atoms with Crippen molar-refractivity contribution >= 4 is 5.78 Å². The molecule has 0 fully saturated rings. The zero-order chi connectivity index (χ0) is 18.4. The first-order valence-electron chi connectivity index (χ1n) is 8.57. The molecule has 0 bridgehead atoms. The Kier molecular flexibility index (Phi) is 6.39. The number of aliphatic hydroxyl groups excluding tert-OH is 1. The number of ketones is 1. The van der Waals surface area contributed by atoms with Crippen molar-refractivity contribution < 1.29 is 24.9 Å². The molecule has 136 valence electrons. The van der Waals surface area contributed by atoms with Crippen molar-refractivity contribution in [1.29, 1.82) is 0 Å². The maximum atomic E-state index is 12.3. The number of rotatable bonds is 8. The summed E-state index contributed by atoms with van der Waals surface area (Å²) in [6, 6.07) is 4.24. The van der Waals surface area contributed by atoms with Crippen molar-refractivity contribution in [3.63, 3.8) is 0 Å². The predicted molar refractivity (Wildman–Crippen MR) is 95.7 cm³/mol. The molecule has 0 saturated carbocycles. The van der Waals surface area contributed by atoms with Crippen LogP contribution in [0.3, 0.4) is 0 Å². The molecule has 5 nitrogen and oxygen atoms in total. The van der Waals surface area contributed by atoms with E-state index in [0.29, 0.717) is 12.2 Å². The second-order valence-corrected chi connectivity index (χ2v) is 6.59. The molecule has 0 unspecified atom stereocenters. The minimum Gasteiger partial charge on any atom is -0.508 e. The van der Waals surface area contributed by atoms with Crippen molar-refractivity contribution in [1.82, 2.24) is 0 Å². The SMILES string of the molecule is C/C(=C/CCC[C@]1(O)Oc2ccc(O)cc2C1=O)CC/C=C(\C)CO. The Labute approximate surface area is 148 Å². The van der Waals surface area contributed by atoms with Gasteiger partial charge in [0, 0.05) is 6.42 Å². The zero-order valence-electron chi connectivity index (χ0n) is 14.8. The van der Waals surface area contributed by atoms with Gasteiger partial charge in [0.1, 0.15) is 11.5 Å². The van der Waals surface area contributed by atoms with Gasteiger partial charge < -0.3 is 20.1 Å². The van der Waals surface area contributed by atoms with Gasteiger partial charge in [-0.05, 0) is 57.7 Å². The van der Waals surface area contributed by atoms with Gasteiger partial charge in [-0.3, -0.25) is 4.79 Å². The second-order valence-electron chi connectivity index (χ2n) is 6.59. The molecule has 25 heavy (non-hydrogen) atoms. The van der Waals surface area contributed by atoms with E-state index in [1.807, 2.05) is 19.9 Å². The summed E-state index contributed by atoms with van der Waals surface area (Å²) < 4.78 is 5.42. The largest absolute Gasteiger partial charge is 0.508 e. The van der Waals surface area contributed by atoms with Gasteiger partial charge in [0.05, 0.1) is 12.2 Å². The lowest BCUT2D eigenvalue weighted by atomic mass is 10.00. The molecule has 1 aliphatic rings. The first-order chi connectivity index (χ1) is 11.9. The predicted octanol–water partition coefficient (Wildman–Crippen LogP) is 3.49. The molecule has 1 aromatic rings. The molecule has 3 N–H and O–H groups in total. The minimum absolute atomic E-state index is 0.0241. The summed E-state index contributed by atoms with van der Waals surface area (Å²) >= 11 is 0. The van der Waals surface area contributed by atoms with Crippen LogP contribution in [0.1, 0.15) is 56.3 Å². The van der Waals surface area contributed by atoms with Crippen molar-refractivity contribution in [3.05, 3.63) is 47.1 Å². The van der Waals surface area contributed by atoms with E-state index in [0.717, 1.165) is 24.8 Å². The Bertz CT molecular complexity index is 689. The van der Waals surface area contributed by atoms with Crippen LogP contribution in [0.5, 0.6) is 11.5 Å². The number of carbonyl (C=O) groups excluding carboxylic acids is 1. The quantitative estimate of drug-likeness (QED) is 0.495. The van der Waals surface area contributed by atoms with E-state index in [4.69, 9.17) is 9.84 Å². The van der Waals surface area contributed by atoms with E-state index in [9.17, 15) is 15.0 Å². The summed E-state index contributed by atoms with van der Waals surface area (Å²) in [6.07, 6.45) is 7.50. The third kappa shape index (κ3) is 4.94. The van der Waals surface area contributed by atoms with Crippen molar-refractivity contribution in [2.24, 2.45) is 0 Å². The standard InChI is InChI=1S/C20H26O5/c1-14(7-5-8-15(2)13-21)6-3-4-11-20(24)19(23)17-12-16(22)9-10-18(17)25-20/h6,8-10,12,21-22,24H,3-5,7,11,13H2,1-2H3/b14-6-,15-8+/t20-/m0/s1. The Hall–Kier alpha value is -2.11. The van der Waals surface area contributed by atoms with Gasteiger partial charge in [-0.15, -0.1) is 0 Å². The lowest BCUT2D eigenvalue weighted by Gasteiger charge is -2.20. The van der Waals surface area contributed by atoms with E-state index < -0.39 is 11.6 Å². The van der Waals surface area contributed by atoms with Crippen LogP contribution in [-0.4, -0.2) is 33.5 Å². The number of unbranched alkanes of at least 4 members (excludes halogenated alkanes) is 1. The van der Waals surface area contributed by atoms with Gasteiger partial charge in [-0.1, -0.05) is 23.3 Å². The molecular weight excluding hydrogens is 320 g/mol. The fourth-order valence-corrected chi connectivity index (χ4v) is 2.79. The first-order valence-corrected chi connectivity index (χ1v) is 8.57. The second kappa shape index (κ2) is 8.32.